The summed E-state index contributed by atoms with van der Waals surface area (Å²) in [4.78, 5) is 24.8. The number of phenols is 1. The molecule has 1 heterocycles. The van der Waals surface area contributed by atoms with Crippen molar-refractivity contribution < 1.29 is 34.0 Å². The average molecular weight is 438 g/mol. The first-order valence-electron chi connectivity index (χ1n) is 10.1. The van der Waals surface area contributed by atoms with Crippen molar-refractivity contribution in [1.29, 1.82) is 0 Å². The summed E-state index contributed by atoms with van der Waals surface area (Å²) < 4.78 is 15.4. The molecule has 9 nitrogen and oxygen atoms in total. The van der Waals surface area contributed by atoms with Gasteiger partial charge in [0.15, 0.2) is 0 Å². The number of aliphatic hydroxyl groups excluding tert-OH is 1. The number of hydrogen-bond donors (Lipinski definition) is 2. The van der Waals surface area contributed by atoms with Crippen LogP contribution in [0.15, 0.2) is 70.6 Å². The van der Waals surface area contributed by atoms with Gasteiger partial charge in [0, 0.05) is 17.9 Å². The highest BCUT2D eigenvalue weighted by molar-refractivity contribution is 5.89. The summed E-state index contributed by atoms with van der Waals surface area (Å²) >= 11 is 0. The van der Waals surface area contributed by atoms with Gasteiger partial charge in [-0.15, -0.1) is 5.11 Å². The van der Waals surface area contributed by atoms with Crippen LogP contribution >= 0.6 is 0 Å². The molecule has 0 saturated heterocycles. The van der Waals surface area contributed by atoms with Gasteiger partial charge in [0.1, 0.15) is 17.2 Å². The van der Waals surface area contributed by atoms with Crippen LogP contribution in [0.2, 0.25) is 0 Å². The Bertz CT molecular complexity index is 1070. The molecule has 32 heavy (non-hydrogen) atoms. The largest absolute Gasteiger partial charge is 0.505 e. The number of methoxy groups -OCH3 is 1. The Morgan fingerprint density at radius 3 is 2.59 bits per heavy atom. The molecule has 2 aromatic carbocycles. The van der Waals surface area contributed by atoms with E-state index in [0.717, 1.165) is 0 Å². The first kappa shape index (κ1) is 21.5. The predicted octanol–water partition coefficient (Wildman–Crippen LogP) is 3.76. The van der Waals surface area contributed by atoms with Crippen molar-refractivity contribution in [3.05, 3.63) is 60.4 Å². The van der Waals surface area contributed by atoms with Crippen LogP contribution < -0.4 is 4.74 Å². The van der Waals surface area contributed by atoms with Crippen molar-refractivity contribution in [3.63, 3.8) is 0 Å². The molecule has 1 saturated carbocycles. The molecule has 0 amide bonds. The van der Waals surface area contributed by atoms with Crippen molar-refractivity contribution in [2.45, 2.75) is 19.1 Å². The fourth-order valence-electron chi connectivity index (χ4n) is 4.15. The van der Waals surface area contributed by atoms with E-state index in [1.807, 2.05) is 18.2 Å². The molecule has 2 N–H and O–H groups in total. The summed E-state index contributed by atoms with van der Waals surface area (Å²) in [5.74, 6) is -2.87. The normalized spacial score (nSPS) is 24.4. The van der Waals surface area contributed by atoms with Crippen molar-refractivity contribution in [1.82, 2.24) is 0 Å². The number of azo groups is 1. The molecule has 1 fully saturated rings. The molecule has 0 spiro atoms. The van der Waals surface area contributed by atoms with E-state index in [9.17, 15) is 19.8 Å². The Labute approximate surface area is 184 Å². The highest BCUT2D eigenvalue weighted by atomic mass is 16.6. The zero-order valence-corrected chi connectivity index (χ0v) is 17.2. The van der Waals surface area contributed by atoms with Gasteiger partial charge in [0.05, 0.1) is 30.6 Å². The van der Waals surface area contributed by atoms with E-state index < -0.39 is 30.1 Å². The smallest absolute Gasteiger partial charge is 0.337 e. The summed E-state index contributed by atoms with van der Waals surface area (Å²) in [6.07, 6.45) is 0.892. The highest BCUT2D eigenvalue weighted by Gasteiger charge is 2.50. The molecule has 4 rings (SSSR count). The number of rotatable bonds is 5. The molecule has 1 aliphatic heterocycles. The predicted molar refractivity (Wildman–Crippen MR) is 111 cm³/mol. The lowest BCUT2D eigenvalue weighted by molar-refractivity contribution is -0.158. The monoisotopic (exact) mass is 438 g/mol. The summed E-state index contributed by atoms with van der Waals surface area (Å²) in [6.45, 7) is 0. The first-order valence-corrected chi connectivity index (χ1v) is 10.1. The maximum Gasteiger partial charge on any atom is 0.337 e. The van der Waals surface area contributed by atoms with Crippen LogP contribution in [0.5, 0.6) is 11.5 Å². The van der Waals surface area contributed by atoms with Crippen molar-refractivity contribution in [2.24, 2.45) is 28.0 Å². The van der Waals surface area contributed by atoms with E-state index in [4.69, 9.17) is 14.2 Å². The Hall–Kier alpha value is -3.72. The number of phenolic OH excluding ortho intramolecular Hbond substituents is 1. The van der Waals surface area contributed by atoms with Crippen LogP contribution in [-0.2, 0) is 19.1 Å². The molecule has 4 unspecified atom stereocenters. The molecule has 4 atom stereocenters. The molecule has 0 bridgehead atoms. The number of carbonyl (C=O) groups is 2. The maximum atomic E-state index is 12.8. The second-order valence-electron chi connectivity index (χ2n) is 7.57. The Kier molecular flexibility index (Phi) is 6.18. The van der Waals surface area contributed by atoms with Gasteiger partial charge in [-0.25, -0.2) is 4.79 Å². The molecular weight excluding hydrogens is 416 g/mol. The lowest BCUT2D eigenvalue weighted by atomic mass is 9.83. The summed E-state index contributed by atoms with van der Waals surface area (Å²) in [6, 6.07) is 13.3. The van der Waals surface area contributed by atoms with Crippen molar-refractivity contribution >= 4 is 23.3 Å². The Balaban J connectivity index is 1.45. The molecular formula is C23H22N2O7. The lowest BCUT2D eigenvalue weighted by Gasteiger charge is -2.32. The molecule has 1 aliphatic carbocycles. The number of carbonyl (C=O) groups excluding carboxylic acids is 2. The standard InChI is InChI=1S/C23H22N2O7/c1-30-21(27)17-12-31-23(29)20-15(17)8-9-16(20)22(28)32-14-7-10-18(19(26)11-14)25-24-13-5-3-2-4-6-13/h2-7,10-12,15-16,20,23,26,29H,8-9H2,1H3. The Morgan fingerprint density at radius 2 is 1.88 bits per heavy atom. The number of esters is 2. The topological polar surface area (TPSA) is 127 Å². The third kappa shape index (κ3) is 4.33. The molecule has 0 aromatic heterocycles. The molecule has 166 valence electrons. The average Bonchev–Trinajstić information content (AvgIpc) is 3.25. The molecule has 2 aromatic rings. The van der Waals surface area contributed by atoms with E-state index >= 15 is 0 Å². The van der Waals surface area contributed by atoms with Crippen molar-refractivity contribution in [3.8, 4) is 11.5 Å². The van der Waals surface area contributed by atoms with E-state index in [2.05, 4.69) is 10.2 Å². The summed E-state index contributed by atoms with van der Waals surface area (Å²) in [7, 11) is 1.26. The van der Waals surface area contributed by atoms with Gasteiger partial charge >= 0.3 is 11.9 Å². The molecule has 9 heteroatoms. The van der Waals surface area contributed by atoms with Crippen molar-refractivity contribution in [2.75, 3.05) is 7.11 Å². The van der Waals surface area contributed by atoms with Gasteiger partial charge in [0.25, 0.3) is 0 Å². The fourth-order valence-corrected chi connectivity index (χ4v) is 4.15. The third-order valence-electron chi connectivity index (χ3n) is 5.70. The second-order valence-corrected chi connectivity index (χ2v) is 7.57. The molecule has 0 radical (unpaired) electrons. The third-order valence-corrected chi connectivity index (χ3v) is 5.70. The van der Waals surface area contributed by atoms with Crippen LogP contribution in [0.4, 0.5) is 11.4 Å². The van der Waals surface area contributed by atoms with Crippen LogP contribution in [0.3, 0.4) is 0 Å². The number of aliphatic hydroxyl groups is 1. The summed E-state index contributed by atoms with van der Waals surface area (Å²) in [5.41, 5.74) is 1.15. The Morgan fingerprint density at radius 1 is 1.09 bits per heavy atom. The molecule has 2 aliphatic rings. The van der Waals surface area contributed by atoms with Gasteiger partial charge in [0.2, 0.25) is 6.29 Å². The van der Waals surface area contributed by atoms with E-state index in [1.165, 1.54) is 31.6 Å². The number of fused-ring (bicyclic) bond motifs is 1. The minimum atomic E-state index is -1.23. The fraction of sp³-hybridized carbons (Fsp3) is 0.304. The maximum absolute atomic E-state index is 12.8. The highest BCUT2D eigenvalue weighted by Crippen LogP contribution is 2.47. The lowest BCUT2D eigenvalue weighted by Crippen LogP contribution is -2.39. The number of benzene rings is 2. The van der Waals surface area contributed by atoms with E-state index in [-0.39, 0.29) is 23.1 Å². The van der Waals surface area contributed by atoms with Gasteiger partial charge in [-0.1, -0.05) is 18.2 Å². The van der Waals surface area contributed by atoms with E-state index in [0.29, 0.717) is 24.1 Å². The summed E-state index contributed by atoms with van der Waals surface area (Å²) in [5, 5.41) is 28.6. The van der Waals surface area contributed by atoms with Crippen LogP contribution in [0.1, 0.15) is 12.8 Å². The zero-order valence-electron chi connectivity index (χ0n) is 17.2. The number of nitrogens with zero attached hydrogens (tertiary/aromatic N) is 2. The van der Waals surface area contributed by atoms with Crippen LogP contribution in [0, 0.1) is 17.8 Å². The SMILES string of the molecule is COC(=O)C1=COC(O)C2C(C(=O)Oc3ccc(N=Nc4ccccc4)c(O)c3)CCC12. The number of ether oxygens (including phenoxy) is 3. The minimum absolute atomic E-state index is 0.129. The van der Waals surface area contributed by atoms with Gasteiger partial charge in [-0.2, -0.15) is 5.11 Å². The van der Waals surface area contributed by atoms with Gasteiger partial charge < -0.3 is 24.4 Å². The quantitative estimate of drug-likeness (QED) is 0.413. The first-order chi connectivity index (χ1) is 15.5. The van der Waals surface area contributed by atoms with Crippen LogP contribution in [-0.4, -0.2) is 35.6 Å². The van der Waals surface area contributed by atoms with Gasteiger partial charge in [-0.3, -0.25) is 4.79 Å². The number of hydrogen-bond acceptors (Lipinski definition) is 9. The number of aromatic hydroxyl groups is 1. The zero-order chi connectivity index (χ0) is 22.7. The second kappa shape index (κ2) is 9.19. The minimum Gasteiger partial charge on any atom is -0.505 e. The van der Waals surface area contributed by atoms with E-state index in [1.54, 1.807) is 12.1 Å². The van der Waals surface area contributed by atoms with Crippen LogP contribution in [0.25, 0.3) is 0 Å². The van der Waals surface area contributed by atoms with Gasteiger partial charge in [-0.05, 0) is 37.1 Å².